The second-order valence-corrected chi connectivity index (χ2v) is 16.8. The summed E-state index contributed by atoms with van der Waals surface area (Å²) in [5.41, 5.74) is 3.05. The Labute approximate surface area is 296 Å². The van der Waals surface area contributed by atoms with Crippen LogP contribution >= 0.6 is 0 Å². The lowest BCUT2D eigenvalue weighted by Crippen LogP contribution is -2.53. The highest BCUT2D eigenvalue weighted by molar-refractivity contribution is 7.86. The van der Waals surface area contributed by atoms with Crippen molar-refractivity contribution in [2.45, 2.75) is 74.1 Å². The van der Waals surface area contributed by atoms with Crippen molar-refractivity contribution in [2.24, 2.45) is 10.8 Å². The first-order chi connectivity index (χ1) is 23.6. The van der Waals surface area contributed by atoms with Crippen LogP contribution in [-0.4, -0.2) is 87.9 Å². The molecule has 0 bridgehead atoms. The van der Waals surface area contributed by atoms with Crippen molar-refractivity contribution < 1.29 is 40.6 Å². The summed E-state index contributed by atoms with van der Waals surface area (Å²) in [6.45, 7) is 8.13. The Bertz CT molecular complexity index is 1680. The zero-order valence-corrected chi connectivity index (χ0v) is 30.6. The average molecular weight is 731 g/mol. The fraction of sp³-hybridized carbons (Fsp3) is 0.486. The van der Waals surface area contributed by atoms with Crippen molar-refractivity contribution >= 4 is 26.2 Å². The van der Waals surface area contributed by atoms with Crippen LogP contribution in [0.2, 0.25) is 0 Å². The second-order valence-electron chi connectivity index (χ2n) is 14.0. The third-order valence-electron chi connectivity index (χ3n) is 10.1. The van der Waals surface area contributed by atoms with Gasteiger partial charge in [-0.05, 0) is 88.9 Å². The molecule has 274 valence electrons. The maximum Gasteiger partial charge on any atom is 0.310 e. The van der Waals surface area contributed by atoms with E-state index in [0.717, 1.165) is 76.0 Å². The number of rotatable bonds is 11. The highest BCUT2D eigenvalue weighted by atomic mass is 32.2. The summed E-state index contributed by atoms with van der Waals surface area (Å²) in [6, 6.07) is 23.3. The van der Waals surface area contributed by atoms with Crippen LogP contribution in [0.4, 0.5) is 0 Å². The number of likely N-dealkylation sites (tertiary alicyclic amines) is 1. The van der Waals surface area contributed by atoms with Crippen molar-refractivity contribution in [3.63, 3.8) is 0 Å². The number of aryl methyl sites for hydroxylation is 2. The van der Waals surface area contributed by atoms with E-state index in [2.05, 4.69) is 40.5 Å². The molecule has 11 nitrogen and oxygen atoms in total. The molecule has 0 spiro atoms. The molecule has 3 aromatic carbocycles. The zero-order chi connectivity index (χ0) is 36.6. The lowest BCUT2D eigenvalue weighted by atomic mass is 9.68. The van der Waals surface area contributed by atoms with Crippen molar-refractivity contribution in [1.29, 1.82) is 0 Å². The Kier molecular flexibility index (Phi) is 13.4. The molecule has 4 N–H and O–H groups in total. The van der Waals surface area contributed by atoms with Gasteiger partial charge < -0.3 is 20.1 Å². The van der Waals surface area contributed by atoms with Crippen LogP contribution in [0.25, 0.3) is 0 Å². The Morgan fingerprint density at radius 3 is 1.72 bits per heavy atom. The molecule has 3 aromatic rings. The van der Waals surface area contributed by atoms with Gasteiger partial charge >= 0.3 is 5.97 Å². The molecule has 3 fully saturated rings. The Morgan fingerprint density at radius 2 is 1.32 bits per heavy atom. The van der Waals surface area contributed by atoms with Crippen molar-refractivity contribution in [3.8, 4) is 0 Å². The SMILES string of the molecule is COCC1(CN[C@@H]2C[C@H]2c2ccccc2)CCN(CC2(C(=O)O)CCC2)CC1.Cc1ccc(S(=O)(=O)O)cc1.Cc1ccc(S(=O)(=O)O)cc1. The van der Waals surface area contributed by atoms with Gasteiger partial charge in [0.25, 0.3) is 20.2 Å². The number of aliphatic carboxylic acids is 1. The van der Waals surface area contributed by atoms with E-state index in [-0.39, 0.29) is 15.2 Å². The predicted molar refractivity (Wildman–Crippen MR) is 191 cm³/mol. The number of methoxy groups -OCH3 is 1. The van der Waals surface area contributed by atoms with Gasteiger partial charge in [-0.25, -0.2) is 0 Å². The van der Waals surface area contributed by atoms with Gasteiger partial charge in [0.15, 0.2) is 0 Å². The first-order valence-electron chi connectivity index (χ1n) is 16.9. The Morgan fingerprint density at radius 1 is 0.820 bits per heavy atom. The van der Waals surface area contributed by atoms with Crippen LogP contribution in [0.5, 0.6) is 0 Å². The normalized spacial score (nSPS) is 21.0. The van der Waals surface area contributed by atoms with Crippen LogP contribution in [0.1, 0.15) is 61.1 Å². The maximum atomic E-state index is 11.7. The van der Waals surface area contributed by atoms with Gasteiger partial charge in [0.1, 0.15) is 0 Å². The summed E-state index contributed by atoms with van der Waals surface area (Å²) < 4.78 is 64.7. The molecule has 1 heterocycles. The topological polar surface area (TPSA) is 171 Å². The molecule has 2 atom stereocenters. The van der Waals surface area contributed by atoms with Gasteiger partial charge in [0, 0.05) is 37.6 Å². The predicted octanol–water partition coefficient (Wildman–Crippen LogP) is 5.60. The van der Waals surface area contributed by atoms with Crippen LogP contribution in [0.3, 0.4) is 0 Å². The van der Waals surface area contributed by atoms with E-state index in [1.54, 1.807) is 31.4 Å². The standard InChI is InChI=1S/C23H34N2O3.2C7H8O3S/c1-28-17-22(15-24-20-14-19(20)18-6-3-2-4-7-18)10-12-25(13-11-22)16-23(21(26)27)8-5-9-23;2*1-6-2-4-7(5-3-6)11(8,9)10/h2-4,6-7,19-20,24H,5,8-17H2,1H3,(H,26,27);2*2-5H,1H3,(H,8,9,10)/t19-,20+;;/m0../s1. The van der Waals surface area contributed by atoms with Crippen molar-refractivity contribution in [1.82, 2.24) is 10.2 Å². The van der Waals surface area contributed by atoms with E-state index in [9.17, 15) is 26.7 Å². The minimum atomic E-state index is -4.02. The number of hydrogen-bond donors (Lipinski definition) is 4. The number of benzene rings is 3. The molecular weight excluding hydrogens is 681 g/mol. The molecule has 0 unspecified atom stereocenters. The Hall–Kier alpha value is -3.17. The molecule has 3 aliphatic rings. The number of ether oxygens (including phenoxy) is 1. The van der Waals surface area contributed by atoms with Crippen molar-refractivity contribution in [3.05, 3.63) is 95.6 Å². The average Bonchev–Trinajstić information content (AvgIpc) is 3.83. The van der Waals surface area contributed by atoms with Gasteiger partial charge in [0.2, 0.25) is 0 Å². The van der Waals surface area contributed by atoms with Crippen LogP contribution in [0.15, 0.2) is 88.7 Å². The monoisotopic (exact) mass is 730 g/mol. The minimum absolute atomic E-state index is 0.0666. The number of piperidine rings is 1. The molecule has 1 saturated heterocycles. The van der Waals surface area contributed by atoms with Gasteiger partial charge in [-0.2, -0.15) is 16.8 Å². The summed E-state index contributed by atoms with van der Waals surface area (Å²) in [5, 5.41) is 13.4. The van der Waals surface area contributed by atoms with E-state index in [1.165, 1.54) is 36.2 Å². The van der Waals surface area contributed by atoms with Crippen molar-refractivity contribution in [2.75, 3.05) is 39.9 Å². The van der Waals surface area contributed by atoms with Crippen LogP contribution in [-0.2, 0) is 29.8 Å². The smallest absolute Gasteiger partial charge is 0.310 e. The molecule has 0 aromatic heterocycles. The highest BCUT2D eigenvalue weighted by Crippen LogP contribution is 2.44. The maximum absolute atomic E-state index is 11.7. The Balaban J connectivity index is 0.000000209. The number of nitrogens with one attached hydrogen (secondary N) is 1. The molecule has 0 amide bonds. The molecule has 1 aliphatic heterocycles. The molecule has 6 rings (SSSR count). The third-order valence-corrected chi connectivity index (χ3v) is 11.8. The minimum Gasteiger partial charge on any atom is -0.481 e. The van der Waals surface area contributed by atoms with E-state index < -0.39 is 31.6 Å². The van der Waals surface area contributed by atoms with Crippen LogP contribution in [0, 0.1) is 24.7 Å². The summed E-state index contributed by atoms with van der Waals surface area (Å²) in [6.07, 6.45) is 6.11. The van der Waals surface area contributed by atoms with E-state index >= 15 is 0 Å². The fourth-order valence-electron chi connectivity index (χ4n) is 6.59. The summed E-state index contributed by atoms with van der Waals surface area (Å²) >= 11 is 0. The molecule has 2 saturated carbocycles. The largest absolute Gasteiger partial charge is 0.481 e. The number of carboxylic acids is 1. The van der Waals surface area contributed by atoms with Gasteiger partial charge in [-0.15, -0.1) is 0 Å². The molecular formula is C37H50N2O9S2. The fourth-order valence-corrected chi connectivity index (χ4v) is 7.55. The molecule has 13 heteroatoms. The molecule has 0 radical (unpaired) electrons. The summed E-state index contributed by atoms with van der Waals surface area (Å²) in [5.74, 6) is 0.0461. The van der Waals surface area contributed by atoms with Gasteiger partial charge in [0.05, 0.1) is 21.8 Å². The number of hydrogen-bond acceptors (Lipinski definition) is 8. The zero-order valence-electron chi connectivity index (χ0n) is 29.0. The lowest BCUT2D eigenvalue weighted by molar-refractivity contribution is -0.157. The van der Waals surface area contributed by atoms with Gasteiger partial charge in [-0.3, -0.25) is 13.9 Å². The highest BCUT2D eigenvalue weighted by Gasteiger charge is 2.47. The van der Waals surface area contributed by atoms with E-state index in [4.69, 9.17) is 13.8 Å². The number of nitrogens with zero attached hydrogens (tertiary/aromatic N) is 1. The quantitative estimate of drug-likeness (QED) is 0.181. The van der Waals surface area contributed by atoms with Gasteiger partial charge in [-0.1, -0.05) is 72.1 Å². The van der Waals surface area contributed by atoms with Crippen LogP contribution < -0.4 is 5.32 Å². The summed E-state index contributed by atoms with van der Waals surface area (Å²) in [4.78, 5) is 13.9. The molecule has 50 heavy (non-hydrogen) atoms. The number of carbonyl (C=O) groups is 1. The molecule has 2 aliphatic carbocycles. The summed E-state index contributed by atoms with van der Waals surface area (Å²) in [7, 11) is -6.24. The van der Waals surface area contributed by atoms with E-state index in [1.807, 2.05) is 13.8 Å². The van der Waals surface area contributed by atoms with E-state index in [0.29, 0.717) is 12.0 Å². The third kappa shape index (κ3) is 11.2. The second kappa shape index (κ2) is 16.9. The lowest BCUT2D eigenvalue weighted by Gasteiger charge is -2.46. The first-order valence-corrected chi connectivity index (χ1v) is 19.8. The first kappa shape index (κ1) is 39.6. The number of carboxylic acid groups (broad SMARTS) is 1.